The number of nitrogen functional groups attached to an aromatic ring is 1. The molecule has 2 N–H and O–H groups in total. The maximum atomic E-state index is 13.7. The van der Waals surface area contributed by atoms with Gasteiger partial charge in [0, 0.05) is 12.7 Å². The normalized spacial score (nSPS) is 20.2. The monoisotopic (exact) mass is 311 g/mol. The van der Waals surface area contributed by atoms with Crippen LogP contribution in [0.15, 0.2) is 30.6 Å². The number of carbonyl (C=O) groups excluding carboxylic acids is 1. The Labute approximate surface area is 134 Å². The van der Waals surface area contributed by atoms with Crippen molar-refractivity contribution in [2.45, 2.75) is 31.2 Å². The predicted octanol–water partition coefficient (Wildman–Crippen LogP) is 2.98. The van der Waals surface area contributed by atoms with Crippen LogP contribution in [0.4, 0.5) is 15.8 Å². The highest BCUT2D eigenvalue weighted by atomic mass is 19.1. The lowest BCUT2D eigenvalue weighted by atomic mass is 9.91. The number of fused-ring (bicyclic) bond motifs is 1. The molecule has 2 aliphatic rings. The van der Waals surface area contributed by atoms with Gasteiger partial charge in [-0.15, -0.1) is 0 Å². The van der Waals surface area contributed by atoms with Gasteiger partial charge in [-0.1, -0.05) is 0 Å². The van der Waals surface area contributed by atoms with Gasteiger partial charge < -0.3 is 15.4 Å². The summed E-state index contributed by atoms with van der Waals surface area (Å²) in [6.45, 7) is 0.672. The van der Waals surface area contributed by atoms with Crippen LogP contribution in [0.5, 0.6) is 0 Å². The van der Waals surface area contributed by atoms with Crippen molar-refractivity contribution < 1.29 is 9.18 Å². The van der Waals surface area contributed by atoms with Crippen molar-refractivity contribution in [3.8, 4) is 0 Å². The van der Waals surface area contributed by atoms with E-state index in [4.69, 9.17) is 5.73 Å². The molecule has 5 heteroatoms. The molecule has 1 aromatic heterocycles. The third-order valence-corrected chi connectivity index (χ3v) is 4.82. The first kappa shape index (κ1) is 14.2. The minimum atomic E-state index is -0.441. The Bertz CT molecular complexity index is 773. The van der Waals surface area contributed by atoms with E-state index in [-0.39, 0.29) is 5.69 Å². The number of pyridine rings is 1. The van der Waals surface area contributed by atoms with Gasteiger partial charge in [-0.25, -0.2) is 4.39 Å². The predicted molar refractivity (Wildman–Crippen MR) is 86.9 cm³/mol. The van der Waals surface area contributed by atoms with Crippen molar-refractivity contribution in [3.05, 3.63) is 53.1 Å². The molecule has 0 saturated heterocycles. The Morgan fingerprint density at radius 3 is 2.87 bits per heavy atom. The number of anilines is 2. The number of rotatable bonds is 3. The molecule has 1 fully saturated rings. The van der Waals surface area contributed by atoms with Gasteiger partial charge in [0.2, 0.25) is 0 Å². The fraction of sp³-hybridized carbons (Fsp3) is 0.333. The molecule has 0 amide bonds. The van der Waals surface area contributed by atoms with Crippen LogP contribution in [-0.4, -0.2) is 17.8 Å². The minimum Gasteiger partial charge on any atom is -0.396 e. The number of benzene rings is 1. The van der Waals surface area contributed by atoms with Gasteiger partial charge in [-0.3, -0.25) is 4.98 Å². The minimum absolute atomic E-state index is 0.0889. The first-order valence-corrected chi connectivity index (χ1v) is 7.92. The van der Waals surface area contributed by atoms with E-state index in [1.807, 2.05) is 12.3 Å². The summed E-state index contributed by atoms with van der Waals surface area (Å²) in [6.07, 6.45) is 7.62. The standard InChI is InChI=1S/C18H18FN3O/c19-15-7-12-4-6-22(18(10-23)14(12)8-16(15)20)17-9-21-5-3-13(17)11-1-2-11/h3,5,7-11,18H,1-2,4,6,20H2. The Kier molecular flexibility index (Phi) is 3.29. The molecular weight excluding hydrogens is 293 g/mol. The quantitative estimate of drug-likeness (QED) is 0.699. The van der Waals surface area contributed by atoms with Gasteiger partial charge >= 0.3 is 0 Å². The van der Waals surface area contributed by atoms with Crippen molar-refractivity contribution in [2.24, 2.45) is 0 Å². The second kappa shape index (κ2) is 5.33. The van der Waals surface area contributed by atoms with Crippen molar-refractivity contribution in [3.63, 3.8) is 0 Å². The van der Waals surface area contributed by atoms with Crippen LogP contribution < -0.4 is 10.6 Å². The Morgan fingerprint density at radius 2 is 2.13 bits per heavy atom. The first-order chi connectivity index (χ1) is 11.2. The van der Waals surface area contributed by atoms with Gasteiger partial charge in [-0.05, 0) is 60.1 Å². The van der Waals surface area contributed by atoms with Crippen LogP contribution in [0, 0.1) is 5.82 Å². The van der Waals surface area contributed by atoms with Crippen LogP contribution in [0.25, 0.3) is 0 Å². The third kappa shape index (κ3) is 2.36. The average molecular weight is 311 g/mol. The fourth-order valence-corrected chi connectivity index (χ4v) is 3.48. The summed E-state index contributed by atoms with van der Waals surface area (Å²) in [5.74, 6) is 0.155. The molecule has 4 nitrogen and oxygen atoms in total. The van der Waals surface area contributed by atoms with E-state index >= 15 is 0 Å². The molecule has 1 aliphatic carbocycles. The van der Waals surface area contributed by atoms with Crippen molar-refractivity contribution in [1.29, 1.82) is 0 Å². The van der Waals surface area contributed by atoms with Gasteiger partial charge in [0.15, 0.2) is 0 Å². The summed E-state index contributed by atoms with van der Waals surface area (Å²) >= 11 is 0. The average Bonchev–Trinajstić information content (AvgIpc) is 3.40. The molecule has 1 aromatic carbocycles. The lowest BCUT2D eigenvalue weighted by Crippen LogP contribution is -2.37. The van der Waals surface area contributed by atoms with Crippen LogP contribution in [0.2, 0.25) is 0 Å². The van der Waals surface area contributed by atoms with Gasteiger partial charge in [-0.2, -0.15) is 0 Å². The molecule has 1 aliphatic heterocycles. The van der Waals surface area contributed by atoms with Crippen molar-refractivity contribution in [1.82, 2.24) is 4.98 Å². The smallest absolute Gasteiger partial charge is 0.147 e. The molecule has 0 bridgehead atoms. The molecule has 2 heterocycles. The molecule has 118 valence electrons. The topological polar surface area (TPSA) is 59.2 Å². The molecule has 0 spiro atoms. The third-order valence-electron chi connectivity index (χ3n) is 4.82. The van der Waals surface area contributed by atoms with E-state index in [0.29, 0.717) is 18.9 Å². The SMILES string of the molecule is Nc1cc2c(cc1F)CCN(c1cnccc1C1CC1)C2C=O. The summed E-state index contributed by atoms with van der Waals surface area (Å²) < 4.78 is 13.7. The van der Waals surface area contributed by atoms with E-state index in [1.54, 1.807) is 12.3 Å². The number of nitrogens with zero attached hydrogens (tertiary/aromatic N) is 2. The molecule has 4 rings (SSSR count). The summed E-state index contributed by atoms with van der Waals surface area (Å²) in [5, 5.41) is 0. The second-order valence-corrected chi connectivity index (χ2v) is 6.31. The number of aldehydes is 1. The second-order valence-electron chi connectivity index (χ2n) is 6.31. The number of aromatic nitrogens is 1. The highest BCUT2D eigenvalue weighted by Gasteiger charge is 2.33. The van der Waals surface area contributed by atoms with Gasteiger partial charge in [0.1, 0.15) is 18.1 Å². The first-order valence-electron chi connectivity index (χ1n) is 7.92. The number of hydrogen-bond acceptors (Lipinski definition) is 4. The van der Waals surface area contributed by atoms with E-state index in [0.717, 1.165) is 23.1 Å². The van der Waals surface area contributed by atoms with E-state index in [9.17, 15) is 9.18 Å². The molecule has 0 radical (unpaired) electrons. The Morgan fingerprint density at radius 1 is 1.30 bits per heavy atom. The molecule has 1 saturated carbocycles. The lowest BCUT2D eigenvalue weighted by molar-refractivity contribution is -0.109. The molecule has 1 unspecified atom stereocenters. The van der Waals surface area contributed by atoms with E-state index < -0.39 is 11.9 Å². The number of halogens is 1. The van der Waals surface area contributed by atoms with Crippen LogP contribution in [-0.2, 0) is 11.2 Å². The van der Waals surface area contributed by atoms with Crippen LogP contribution in [0.3, 0.4) is 0 Å². The number of hydrogen-bond donors (Lipinski definition) is 1. The Balaban J connectivity index is 1.79. The zero-order chi connectivity index (χ0) is 16.0. The van der Waals surface area contributed by atoms with Crippen molar-refractivity contribution in [2.75, 3.05) is 17.2 Å². The number of carbonyl (C=O) groups is 1. The van der Waals surface area contributed by atoms with Crippen molar-refractivity contribution >= 4 is 17.7 Å². The molecule has 2 aromatic rings. The summed E-state index contributed by atoms with van der Waals surface area (Å²) in [5.41, 5.74) is 9.73. The molecule has 1 atom stereocenters. The number of nitrogens with two attached hydrogens (primary N) is 1. The maximum absolute atomic E-state index is 13.7. The van der Waals surface area contributed by atoms with Gasteiger partial charge in [0.05, 0.1) is 17.6 Å². The summed E-state index contributed by atoms with van der Waals surface area (Å²) in [6, 6.07) is 4.67. The lowest BCUT2D eigenvalue weighted by Gasteiger charge is -2.37. The molecular formula is C18H18FN3O. The summed E-state index contributed by atoms with van der Waals surface area (Å²) in [7, 11) is 0. The van der Waals surface area contributed by atoms with E-state index in [1.165, 1.54) is 24.5 Å². The highest BCUT2D eigenvalue weighted by molar-refractivity contribution is 5.73. The maximum Gasteiger partial charge on any atom is 0.147 e. The fourth-order valence-electron chi connectivity index (χ4n) is 3.48. The van der Waals surface area contributed by atoms with E-state index in [2.05, 4.69) is 9.88 Å². The van der Waals surface area contributed by atoms with Crippen LogP contribution >= 0.6 is 0 Å². The van der Waals surface area contributed by atoms with Crippen LogP contribution in [0.1, 0.15) is 41.5 Å². The zero-order valence-electron chi connectivity index (χ0n) is 12.7. The largest absolute Gasteiger partial charge is 0.396 e. The summed E-state index contributed by atoms with van der Waals surface area (Å²) in [4.78, 5) is 18.1. The highest BCUT2D eigenvalue weighted by Crippen LogP contribution is 2.46. The molecule has 23 heavy (non-hydrogen) atoms. The Hall–Kier alpha value is -2.43. The zero-order valence-corrected chi connectivity index (χ0v) is 12.7. The van der Waals surface area contributed by atoms with Gasteiger partial charge in [0.25, 0.3) is 0 Å².